The Balaban J connectivity index is 2.13. The van der Waals surface area contributed by atoms with Gasteiger partial charge in [-0.1, -0.05) is 50.1 Å². The lowest BCUT2D eigenvalue weighted by Gasteiger charge is -2.04. The van der Waals surface area contributed by atoms with E-state index in [4.69, 9.17) is 4.99 Å². The van der Waals surface area contributed by atoms with Gasteiger partial charge in [-0.3, -0.25) is 9.79 Å². The minimum Gasteiger partial charge on any atom is -0.299 e. The largest absolute Gasteiger partial charge is 0.299 e. The van der Waals surface area contributed by atoms with Crippen LogP contribution in [-0.4, -0.2) is 11.5 Å². The van der Waals surface area contributed by atoms with Crippen LogP contribution < -0.4 is 0 Å². The number of hydrogen-bond acceptors (Lipinski definition) is 2. The predicted octanol–water partition coefficient (Wildman–Crippen LogP) is 4.85. The Morgan fingerprint density at radius 1 is 0.950 bits per heavy atom. The molecule has 0 unspecified atom stereocenters. The molecule has 0 aromatic heterocycles. The van der Waals surface area contributed by atoms with Crippen LogP contribution in [0.2, 0.25) is 0 Å². The van der Waals surface area contributed by atoms with Crippen molar-refractivity contribution in [2.75, 3.05) is 0 Å². The first-order valence-corrected chi connectivity index (χ1v) is 7.84. The van der Waals surface area contributed by atoms with E-state index in [-0.39, 0.29) is 5.78 Å². The van der Waals surface area contributed by atoms with Crippen molar-refractivity contribution in [3.05, 3.63) is 62.5 Å². The summed E-state index contributed by atoms with van der Waals surface area (Å²) in [6, 6.07) is 13.8. The van der Waals surface area contributed by atoms with E-state index in [2.05, 4.69) is 31.9 Å². The van der Waals surface area contributed by atoms with Crippen LogP contribution in [0.15, 0.2) is 56.4 Å². The van der Waals surface area contributed by atoms with E-state index in [0.717, 1.165) is 31.5 Å². The fraction of sp³-hybridized carbons (Fsp3) is 0.125. The summed E-state index contributed by atoms with van der Waals surface area (Å²) >= 11 is 6.92. The molecule has 4 heteroatoms. The van der Waals surface area contributed by atoms with Crippen molar-refractivity contribution < 1.29 is 4.79 Å². The molecule has 1 aliphatic rings. The molecule has 100 valence electrons. The zero-order valence-corrected chi connectivity index (χ0v) is 13.7. The molecule has 0 spiro atoms. The van der Waals surface area contributed by atoms with Gasteiger partial charge in [-0.05, 0) is 35.4 Å². The summed E-state index contributed by atoms with van der Waals surface area (Å²) in [6.45, 7) is 0. The number of aliphatic imine (C=N–C) groups is 1. The summed E-state index contributed by atoms with van der Waals surface area (Å²) in [7, 11) is 0. The Labute approximate surface area is 134 Å². The highest BCUT2D eigenvalue weighted by Crippen LogP contribution is 2.29. The van der Waals surface area contributed by atoms with Gasteiger partial charge >= 0.3 is 0 Å². The summed E-state index contributed by atoms with van der Waals surface area (Å²) in [4.78, 5) is 16.8. The number of ketones is 1. The minimum absolute atomic E-state index is 0.199. The molecular weight excluding hydrogens is 382 g/mol. The number of rotatable bonds is 1. The third kappa shape index (κ3) is 2.91. The van der Waals surface area contributed by atoms with Crippen molar-refractivity contribution in [3.8, 4) is 0 Å². The quantitative estimate of drug-likeness (QED) is 0.682. The molecule has 20 heavy (non-hydrogen) atoms. The summed E-state index contributed by atoms with van der Waals surface area (Å²) in [5, 5.41) is 0. The van der Waals surface area contributed by atoms with Crippen LogP contribution in [0.3, 0.4) is 0 Å². The van der Waals surface area contributed by atoms with Crippen LogP contribution in [0.5, 0.6) is 0 Å². The maximum Gasteiger partial charge on any atom is 0.143 e. The van der Waals surface area contributed by atoms with Crippen molar-refractivity contribution in [1.29, 1.82) is 0 Å². The second kappa shape index (κ2) is 5.62. The van der Waals surface area contributed by atoms with E-state index in [9.17, 15) is 4.79 Å². The summed E-state index contributed by atoms with van der Waals surface area (Å²) in [5.74, 6) is 0.199. The number of benzene rings is 2. The highest BCUT2D eigenvalue weighted by molar-refractivity contribution is 9.10. The number of carbonyl (C=O) groups is 1. The number of Topliss-reactive ketones (excluding diaryl/α,β-unsaturated/α-hetero) is 1. The van der Waals surface area contributed by atoms with Gasteiger partial charge in [-0.25, -0.2) is 0 Å². The minimum atomic E-state index is 0.199. The van der Waals surface area contributed by atoms with E-state index in [1.165, 1.54) is 0 Å². The Morgan fingerprint density at radius 3 is 2.55 bits per heavy atom. The molecule has 2 aromatic rings. The van der Waals surface area contributed by atoms with Crippen molar-refractivity contribution in [3.63, 3.8) is 0 Å². The summed E-state index contributed by atoms with van der Waals surface area (Å²) in [5.41, 5.74) is 3.68. The molecule has 0 fully saturated rings. The van der Waals surface area contributed by atoms with Crippen molar-refractivity contribution in [2.24, 2.45) is 4.99 Å². The molecule has 0 radical (unpaired) electrons. The van der Waals surface area contributed by atoms with E-state index in [0.29, 0.717) is 12.8 Å². The van der Waals surface area contributed by atoms with Crippen LogP contribution in [-0.2, 0) is 11.2 Å². The smallest absolute Gasteiger partial charge is 0.143 e. The average Bonchev–Trinajstić information content (AvgIpc) is 2.56. The third-order valence-electron chi connectivity index (χ3n) is 3.21. The molecule has 1 aliphatic heterocycles. The number of halogens is 2. The number of carbonyl (C=O) groups excluding carboxylic acids is 1. The molecule has 3 rings (SSSR count). The average molecular weight is 393 g/mol. The molecule has 0 atom stereocenters. The Morgan fingerprint density at radius 2 is 1.75 bits per heavy atom. The van der Waals surface area contributed by atoms with E-state index < -0.39 is 0 Å². The fourth-order valence-corrected chi connectivity index (χ4v) is 3.02. The molecule has 0 saturated carbocycles. The lowest BCUT2D eigenvalue weighted by Crippen LogP contribution is -2.08. The second-order valence-electron chi connectivity index (χ2n) is 4.73. The van der Waals surface area contributed by atoms with Gasteiger partial charge in [0.05, 0.1) is 11.4 Å². The number of nitrogens with zero attached hydrogens (tertiary/aromatic N) is 1. The first kappa shape index (κ1) is 13.7. The Hall–Kier alpha value is -1.26. The number of fused-ring (bicyclic) bond motifs is 1. The molecule has 0 saturated heterocycles. The summed E-state index contributed by atoms with van der Waals surface area (Å²) < 4.78 is 1.96. The van der Waals surface area contributed by atoms with Crippen molar-refractivity contribution in [2.45, 2.75) is 12.8 Å². The van der Waals surface area contributed by atoms with Gasteiger partial charge in [0.15, 0.2) is 0 Å². The Kier molecular flexibility index (Phi) is 3.85. The number of hydrogen-bond donors (Lipinski definition) is 0. The maximum atomic E-state index is 12.1. The van der Waals surface area contributed by atoms with Gasteiger partial charge in [0.1, 0.15) is 5.78 Å². The van der Waals surface area contributed by atoms with Gasteiger partial charge in [0.25, 0.3) is 0 Å². The molecular formula is C16H11Br2NO. The van der Waals surface area contributed by atoms with Crippen molar-refractivity contribution in [1.82, 2.24) is 0 Å². The zero-order chi connectivity index (χ0) is 14.1. The van der Waals surface area contributed by atoms with Gasteiger partial charge in [-0.2, -0.15) is 0 Å². The molecule has 0 bridgehead atoms. The third-order valence-corrected chi connectivity index (χ3v) is 4.20. The maximum absolute atomic E-state index is 12.1. The zero-order valence-electron chi connectivity index (χ0n) is 10.6. The first-order valence-electron chi connectivity index (χ1n) is 6.25. The van der Waals surface area contributed by atoms with Gasteiger partial charge < -0.3 is 0 Å². The normalized spacial score (nSPS) is 14.5. The Bertz CT molecular complexity index is 722. The second-order valence-corrected chi connectivity index (χ2v) is 6.57. The molecule has 0 aliphatic carbocycles. The molecule has 0 N–H and O–H groups in total. The van der Waals surface area contributed by atoms with Gasteiger partial charge in [-0.15, -0.1) is 0 Å². The van der Waals surface area contributed by atoms with Crippen LogP contribution in [0.4, 0.5) is 5.69 Å². The standard InChI is InChI=1S/C16H11Br2NO/c17-12-3-1-2-10(6-12)16-9-14(20)7-11-4-5-13(18)8-15(11)19-16/h1-6,8H,7,9H2. The molecule has 2 nitrogen and oxygen atoms in total. The SMILES string of the molecule is O=C1CC(c2cccc(Br)c2)=Nc2cc(Br)ccc2C1. The van der Waals surface area contributed by atoms with Crippen LogP contribution >= 0.6 is 31.9 Å². The van der Waals surface area contributed by atoms with Gasteiger partial charge in [0, 0.05) is 21.8 Å². The van der Waals surface area contributed by atoms with Crippen LogP contribution in [0, 0.1) is 0 Å². The van der Waals surface area contributed by atoms with E-state index in [1.54, 1.807) is 0 Å². The lowest BCUT2D eigenvalue weighted by atomic mass is 10.0. The predicted molar refractivity (Wildman–Crippen MR) is 87.8 cm³/mol. The highest BCUT2D eigenvalue weighted by atomic mass is 79.9. The summed E-state index contributed by atoms with van der Waals surface area (Å²) in [6.07, 6.45) is 0.826. The van der Waals surface area contributed by atoms with E-state index >= 15 is 0 Å². The van der Waals surface area contributed by atoms with Crippen LogP contribution in [0.25, 0.3) is 0 Å². The molecule has 2 aromatic carbocycles. The van der Waals surface area contributed by atoms with E-state index in [1.807, 2.05) is 42.5 Å². The monoisotopic (exact) mass is 391 g/mol. The fourth-order valence-electron chi connectivity index (χ4n) is 2.27. The highest BCUT2D eigenvalue weighted by Gasteiger charge is 2.17. The van der Waals surface area contributed by atoms with Crippen molar-refractivity contribution >= 4 is 49.0 Å². The first-order chi connectivity index (χ1) is 9.61. The molecule has 0 amide bonds. The lowest BCUT2D eigenvalue weighted by molar-refractivity contribution is -0.117. The van der Waals surface area contributed by atoms with Gasteiger partial charge in [0.2, 0.25) is 0 Å². The van der Waals surface area contributed by atoms with Crippen LogP contribution in [0.1, 0.15) is 17.5 Å². The topological polar surface area (TPSA) is 29.4 Å². The molecule has 1 heterocycles.